The summed E-state index contributed by atoms with van der Waals surface area (Å²) in [5.74, 6) is -0.198. The van der Waals surface area contributed by atoms with Crippen LogP contribution in [0.15, 0.2) is 18.2 Å². The fourth-order valence-corrected chi connectivity index (χ4v) is 2.94. The lowest BCUT2D eigenvalue weighted by molar-refractivity contribution is 0.236. The van der Waals surface area contributed by atoms with E-state index in [4.69, 9.17) is 5.73 Å². The second-order valence-electron chi connectivity index (χ2n) is 5.51. The van der Waals surface area contributed by atoms with Crippen molar-refractivity contribution < 1.29 is 4.39 Å². The van der Waals surface area contributed by atoms with Gasteiger partial charge in [-0.25, -0.2) is 4.39 Å². The second kappa shape index (κ2) is 5.27. The standard InChI is InChI=1S/C15H23FN2/c1-3-15(4-2)7-8-18(11-15)10-12-9-13(16)5-6-14(12)17/h5-6,9H,3-4,7-8,10-11,17H2,1-2H3. The van der Waals surface area contributed by atoms with Gasteiger partial charge in [-0.05, 0) is 55.0 Å². The Labute approximate surface area is 109 Å². The molecule has 2 rings (SSSR count). The Kier molecular flexibility index (Phi) is 3.91. The van der Waals surface area contributed by atoms with Gasteiger partial charge in [-0.15, -0.1) is 0 Å². The molecule has 1 fully saturated rings. The Morgan fingerprint density at radius 1 is 1.33 bits per heavy atom. The van der Waals surface area contributed by atoms with Gasteiger partial charge in [0.15, 0.2) is 0 Å². The molecule has 1 aliphatic rings. The molecule has 3 heteroatoms. The number of benzene rings is 1. The SMILES string of the molecule is CCC1(CC)CCN(Cc2cc(F)ccc2N)C1. The van der Waals surface area contributed by atoms with Gasteiger partial charge in [0.05, 0.1) is 0 Å². The number of hydrogen-bond acceptors (Lipinski definition) is 2. The molecule has 18 heavy (non-hydrogen) atoms. The van der Waals surface area contributed by atoms with Crippen LogP contribution in [0, 0.1) is 11.2 Å². The highest BCUT2D eigenvalue weighted by molar-refractivity contribution is 5.46. The van der Waals surface area contributed by atoms with Crippen LogP contribution in [0.1, 0.15) is 38.7 Å². The highest BCUT2D eigenvalue weighted by atomic mass is 19.1. The van der Waals surface area contributed by atoms with Gasteiger partial charge >= 0.3 is 0 Å². The van der Waals surface area contributed by atoms with E-state index in [0.29, 0.717) is 11.1 Å². The first-order valence-corrected chi connectivity index (χ1v) is 6.85. The van der Waals surface area contributed by atoms with Crippen LogP contribution >= 0.6 is 0 Å². The van der Waals surface area contributed by atoms with E-state index in [1.807, 2.05) is 0 Å². The summed E-state index contributed by atoms with van der Waals surface area (Å²) in [6.07, 6.45) is 3.69. The number of likely N-dealkylation sites (tertiary alicyclic amines) is 1. The molecule has 0 aromatic heterocycles. The van der Waals surface area contributed by atoms with Crippen LogP contribution in [0.3, 0.4) is 0 Å². The van der Waals surface area contributed by atoms with E-state index in [0.717, 1.165) is 25.2 Å². The molecule has 1 aliphatic heterocycles. The highest BCUT2D eigenvalue weighted by Gasteiger charge is 2.34. The van der Waals surface area contributed by atoms with Gasteiger partial charge in [-0.3, -0.25) is 4.90 Å². The minimum absolute atomic E-state index is 0.198. The fraction of sp³-hybridized carbons (Fsp3) is 0.600. The molecular weight excluding hydrogens is 227 g/mol. The smallest absolute Gasteiger partial charge is 0.123 e. The van der Waals surface area contributed by atoms with Crippen LogP contribution in [-0.2, 0) is 6.54 Å². The van der Waals surface area contributed by atoms with Gasteiger partial charge in [-0.1, -0.05) is 13.8 Å². The zero-order valence-electron chi connectivity index (χ0n) is 11.4. The Hall–Kier alpha value is -1.09. The Morgan fingerprint density at radius 3 is 2.67 bits per heavy atom. The number of halogens is 1. The van der Waals surface area contributed by atoms with E-state index in [2.05, 4.69) is 18.7 Å². The average Bonchev–Trinajstić information content (AvgIpc) is 2.78. The minimum Gasteiger partial charge on any atom is -0.398 e. The van der Waals surface area contributed by atoms with Crippen molar-refractivity contribution in [1.82, 2.24) is 4.90 Å². The molecule has 0 amide bonds. The first-order valence-electron chi connectivity index (χ1n) is 6.85. The van der Waals surface area contributed by atoms with E-state index in [1.54, 1.807) is 12.1 Å². The molecule has 2 N–H and O–H groups in total. The summed E-state index contributed by atoms with van der Waals surface area (Å²) >= 11 is 0. The van der Waals surface area contributed by atoms with Crippen LogP contribution in [0.5, 0.6) is 0 Å². The molecule has 0 unspecified atom stereocenters. The molecule has 2 nitrogen and oxygen atoms in total. The summed E-state index contributed by atoms with van der Waals surface area (Å²) < 4.78 is 13.2. The minimum atomic E-state index is -0.198. The molecule has 0 atom stereocenters. The number of hydrogen-bond donors (Lipinski definition) is 1. The topological polar surface area (TPSA) is 29.3 Å². The first-order chi connectivity index (χ1) is 8.58. The van der Waals surface area contributed by atoms with E-state index in [9.17, 15) is 4.39 Å². The third kappa shape index (κ3) is 2.66. The maximum atomic E-state index is 13.2. The van der Waals surface area contributed by atoms with Gasteiger partial charge in [0.25, 0.3) is 0 Å². The van der Waals surface area contributed by atoms with E-state index >= 15 is 0 Å². The van der Waals surface area contributed by atoms with Gasteiger partial charge in [-0.2, -0.15) is 0 Å². The summed E-state index contributed by atoms with van der Waals surface area (Å²) in [5.41, 5.74) is 7.98. The number of rotatable bonds is 4. The lowest BCUT2D eigenvalue weighted by Gasteiger charge is -2.26. The van der Waals surface area contributed by atoms with Crippen LogP contribution < -0.4 is 5.73 Å². The molecule has 0 spiro atoms. The maximum absolute atomic E-state index is 13.2. The first kappa shape index (κ1) is 13.3. The molecule has 0 aliphatic carbocycles. The summed E-state index contributed by atoms with van der Waals surface area (Å²) in [4.78, 5) is 2.40. The van der Waals surface area contributed by atoms with Crippen molar-refractivity contribution in [2.45, 2.75) is 39.7 Å². The van der Waals surface area contributed by atoms with Crippen molar-refractivity contribution in [2.75, 3.05) is 18.8 Å². The Morgan fingerprint density at radius 2 is 2.06 bits per heavy atom. The molecular formula is C15H23FN2. The van der Waals surface area contributed by atoms with Gasteiger partial charge in [0, 0.05) is 18.8 Å². The molecule has 0 radical (unpaired) electrons. The van der Waals surface area contributed by atoms with Crippen molar-refractivity contribution in [1.29, 1.82) is 0 Å². The molecule has 1 heterocycles. The third-order valence-corrected chi connectivity index (χ3v) is 4.52. The van der Waals surface area contributed by atoms with E-state index in [1.165, 1.54) is 25.3 Å². The molecule has 0 saturated carbocycles. The van der Waals surface area contributed by atoms with Crippen LogP contribution in [-0.4, -0.2) is 18.0 Å². The molecule has 1 aromatic rings. The normalized spacial score (nSPS) is 19.3. The number of nitrogens with two attached hydrogens (primary N) is 1. The maximum Gasteiger partial charge on any atom is 0.123 e. The number of anilines is 1. The van der Waals surface area contributed by atoms with E-state index < -0.39 is 0 Å². The van der Waals surface area contributed by atoms with E-state index in [-0.39, 0.29) is 5.82 Å². The quantitative estimate of drug-likeness (QED) is 0.830. The zero-order chi connectivity index (χ0) is 13.2. The summed E-state index contributed by atoms with van der Waals surface area (Å²) in [5, 5.41) is 0. The molecule has 0 bridgehead atoms. The monoisotopic (exact) mass is 250 g/mol. The Bertz CT molecular complexity index is 413. The van der Waals surface area contributed by atoms with Crippen molar-refractivity contribution in [3.8, 4) is 0 Å². The second-order valence-corrected chi connectivity index (χ2v) is 5.51. The lowest BCUT2D eigenvalue weighted by Crippen LogP contribution is -2.26. The van der Waals surface area contributed by atoms with Crippen LogP contribution in [0.25, 0.3) is 0 Å². The summed E-state index contributed by atoms with van der Waals surface area (Å²) in [6.45, 7) is 7.51. The third-order valence-electron chi connectivity index (χ3n) is 4.52. The van der Waals surface area contributed by atoms with Crippen molar-refractivity contribution in [3.63, 3.8) is 0 Å². The van der Waals surface area contributed by atoms with Gasteiger partial charge in [0.1, 0.15) is 5.82 Å². The van der Waals surface area contributed by atoms with Crippen LogP contribution in [0.4, 0.5) is 10.1 Å². The predicted molar refractivity (Wildman–Crippen MR) is 73.7 cm³/mol. The Balaban J connectivity index is 2.05. The average molecular weight is 250 g/mol. The number of nitrogens with zero attached hydrogens (tertiary/aromatic N) is 1. The summed E-state index contributed by atoms with van der Waals surface area (Å²) in [6, 6.07) is 4.64. The number of nitrogen functional groups attached to an aromatic ring is 1. The molecule has 100 valence electrons. The van der Waals surface area contributed by atoms with Crippen molar-refractivity contribution in [3.05, 3.63) is 29.6 Å². The van der Waals surface area contributed by atoms with Crippen molar-refractivity contribution >= 4 is 5.69 Å². The lowest BCUT2D eigenvalue weighted by atomic mass is 9.82. The largest absolute Gasteiger partial charge is 0.398 e. The van der Waals surface area contributed by atoms with Gasteiger partial charge < -0.3 is 5.73 Å². The molecule has 1 aromatic carbocycles. The summed E-state index contributed by atoms with van der Waals surface area (Å²) in [7, 11) is 0. The van der Waals surface area contributed by atoms with Crippen LogP contribution in [0.2, 0.25) is 0 Å². The highest BCUT2D eigenvalue weighted by Crippen LogP contribution is 2.37. The van der Waals surface area contributed by atoms with Crippen molar-refractivity contribution in [2.24, 2.45) is 5.41 Å². The zero-order valence-corrected chi connectivity index (χ0v) is 11.4. The molecule has 1 saturated heterocycles. The fourth-order valence-electron chi connectivity index (χ4n) is 2.94. The predicted octanol–water partition coefficient (Wildman–Crippen LogP) is 3.42. The van der Waals surface area contributed by atoms with Gasteiger partial charge in [0.2, 0.25) is 0 Å².